The lowest BCUT2D eigenvalue weighted by Crippen LogP contribution is -2.29. The molecule has 0 bridgehead atoms. The highest BCUT2D eigenvalue weighted by atomic mass is 19.1. The second kappa shape index (κ2) is 10.3. The molecule has 1 aromatic carbocycles. The van der Waals surface area contributed by atoms with E-state index in [1.807, 2.05) is 6.07 Å². The Hall–Kier alpha value is -3.74. The van der Waals surface area contributed by atoms with E-state index in [2.05, 4.69) is 31.2 Å². The van der Waals surface area contributed by atoms with Crippen LogP contribution >= 0.6 is 0 Å². The van der Waals surface area contributed by atoms with Crippen LogP contribution in [0.3, 0.4) is 0 Å². The zero-order valence-corrected chi connectivity index (χ0v) is 19.2. The summed E-state index contributed by atoms with van der Waals surface area (Å²) < 4.78 is 27.3. The molecule has 4 N–H and O–H groups in total. The minimum Gasteiger partial charge on any atom is -0.492 e. The van der Waals surface area contributed by atoms with Crippen LogP contribution in [0, 0.1) is 11.7 Å². The number of hydrogen-bond donors (Lipinski definition) is 3. The number of fused-ring (bicyclic) bond motifs is 1. The topological polar surface area (TPSA) is 145 Å². The number of nitrogens with two attached hydrogens (primary N) is 1. The Labute approximate surface area is 201 Å². The van der Waals surface area contributed by atoms with E-state index < -0.39 is 0 Å². The van der Waals surface area contributed by atoms with Gasteiger partial charge in [-0.3, -0.25) is 4.90 Å². The van der Waals surface area contributed by atoms with Crippen molar-refractivity contribution >= 4 is 18.3 Å². The largest absolute Gasteiger partial charge is 0.492 e. The third-order valence-electron chi connectivity index (χ3n) is 6.28. The van der Waals surface area contributed by atoms with Gasteiger partial charge in [-0.25, -0.2) is 18.9 Å². The van der Waals surface area contributed by atoms with Gasteiger partial charge in [0.1, 0.15) is 24.3 Å². The number of hydrogen-bond acceptors (Lipinski definition) is 10. The van der Waals surface area contributed by atoms with Crippen molar-refractivity contribution in [1.82, 2.24) is 35.7 Å². The number of ether oxygens (including phenoxy) is 2. The maximum absolute atomic E-state index is 14.7. The van der Waals surface area contributed by atoms with E-state index in [1.54, 1.807) is 17.3 Å². The minimum atomic E-state index is -0.372. The molecule has 3 heterocycles. The first-order chi connectivity index (χ1) is 17.1. The monoisotopic (exact) mass is 485 g/mol. The van der Waals surface area contributed by atoms with Gasteiger partial charge in [-0.1, -0.05) is 5.10 Å². The molecule has 5 rings (SSSR count). The molecule has 2 aliphatic heterocycles. The summed E-state index contributed by atoms with van der Waals surface area (Å²) in [4.78, 5) is 17.9. The van der Waals surface area contributed by atoms with Crippen LogP contribution in [0.15, 0.2) is 29.1 Å². The van der Waals surface area contributed by atoms with Crippen LogP contribution in [-0.4, -0.2) is 76.3 Å². The van der Waals surface area contributed by atoms with Gasteiger partial charge < -0.3 is 25.8 Å². The summed E-state index contributed by atoms with van der Waals surface area (Å²) >= 11 is 0. The van der Waals surface area contributed by atoms with E-state index in [9.17, 15) is 9.18 Å². The SMILES string of the molecule is Nc1nnnn1CCOc1cc(F)c2c(c1)CC(CNCCC1CN(C3=CNCC=N3)C(=O)O1)C2. The first-order valence-electron chi connectivity index (χ1n) is 11.7. The molecule has 0 spiro atoms. The third kappa shape index (κ3) is 5.34. The molecule has 1 amide bonds. The number of aromatic nitrogens is 4. The average molecular weight is 486 g/mol. The molecule has 1 aromatic heterocycles. The van der Waals surface area contributed by atoms with Crippen molar-refractivity contribution in [3.8, 4) is 5.75 Å². The molecule has 2 atom stereocenters. The quantitative estimate of drug-likeness (QED) is 0.409. The van der Waals surface area contributed by atoms with Crippen LogP contribution in [0.25, 0.3) is 0 Å². The van der Waals surface area contributed by atoms with Crippen LogP contribution in [0.2, 0.25) is 0 Å². The number of carbonyl (C=O) groups excluding carboxylic acids is 1. The Kier molecular flexibility index (Phi) is 6.75. The van der Waals surface area contributed by atoms with Gasteiger partial charge in [0.05, 0.1) is 13.1 Å². The first-order valence-corrected chi connectivity index (χ1v) is 11.7. The third-order valence-corrected chi connectivity index (χ3v) is 6.28. The predicted molar refractivity (Wildman–Crippen MR) is 124 cm³/mol. The smallest absolute Gasteiger partial charge is 0.415 e. The van der Waals surface area contributed by atoms with Gasteiger partial charge in [-0.15, -0.1) is 0 Å². The lowest BCUT2D eigenvalue weighted by atomic mass is 10.1. The summed E-state index contributed by atoms with van der Waals surface area (Å²) in [6.45, 7) is 3.25. The van der Waals surface area contributed by atoms with E-state index in [4.69, 9.17) is 15.2 Å². The number of halogens is 1. The van der Waals surface area contributed by atoms with Gasteiger partial charge in [0.2, 0.25) is 5.95 Å². The highest BCUT2D eigenvalue weighted by Gasteiger charge is 2.33. The zero-order valence-electron chi connectivity index (χ0n) is 19.2. The molecule has 3 aliphatic rings. The molecule has 0 radical (unpaired) electrons. The Bertz CT molecular complexity index is 1140. The normalized spacial score (nSPS) is 21.0. The van der Waals surface area contributed by atoms with Crippen molar-refractivity contribution in [2.24, 2.45) is 10.9 Å². The standard InChI is InChI=1S/C22H28FN9O3/c23-19-10-17(34-6-5-32-21(24)28-29-30-32)9-15-7-14(8-18(15)19)11-25-2-1-16-13-31(22(33)35-16)20-12-26-3-4-27-20/h4,9-10,12,14,16,25-26H,1-3,5-8,11,13H2,(H2,24,28,30). The molecule has 1 saturated heterocycles. The highest BCUT2D eigenvalue weighted by Crippen LogP contribution is 2.32. The number of benzene rings is 1. The van der Waals surface area contributed by atoms with Crippen LogP contribution in [0.4, 0.5) is 15.1 Å². The lowest BCUT2D eigenvalue weighted by Gasteiger charge is -2.16. The average Bonchev–Trinajstić information content (AvgIpc) is 3.56. The van der Waals surface area contributed by atoms with Gasteiger partial charge in [0.25, 0.3) is 0 Å². The van der Waals surface area contributed by atoms with E-state index in [0.29, 0.717) is 56.5 Å². The number of amides is 1. The second-order valence-corrected chi connectivity index (χ2v) is 8.76. The molecule has 1 aliphatic carbocycles. The second-order valence-electron chi connectivity index (χ2n) is 8.76. The number of nitrogen functional groups attached to an aromatic ring is 1. The molecule has 13 heteroatoms. The molecule has 2 unspecified atom stereocenters. The van der Waals surface area contributed by atoms with Crippen LogP contribution in [0.1, 0.15) is 17.5 Å². The maximum atomic E-state index is 14.7. The minimum absolute atomic E-state index is 0.186. The number of nitrogens with one attached hydrogen (secondary N) is 2. The van der Waals surface area contributed by atoms with Crippen molar-refractivity contribution < 1.29 is 18.7 Å². The fraction of sp³-hybridized carbons (Fsp3) is 0.500. The van der Waals surface area contributed by atoms with Gasteiger partial charge >= 0.3 is 6.09 Å². The Morgan fingerprint density at radius 3 is 3.06 bits per heavy atom. The summed E-state index contributed by atoms with van der Waals surface area (Å²) in [5, 5.41) is 17.3. The van der Waals surface area contributed by atoms with Gasteiger partial charge in [-0.05, 0) is 65.9 Å². The maximum Gasteiger partial charge on any atom is 0.415 e. The summed E-state index contributed by atoms with van der Waals surface area (Å²) in [5.74, 6) is 1.33. The molecule has 1 fully saturated rings. The lowest BCUT2D eigenvalue weighted by molar-refractivity contribution is 0.130. The summed E-state index contributed by atoms with van der Waals surface area (Å²) in [5.41, 5.74) is 7.36. The number of cyclic esters (lactones) is 1. The number of nitrogens with zero attached hydrogens (tertiary/aromatic N) is 6. The predicted octanol–water partition coefficient (Wildman–Crippen LogP) is 0.462. The number of aliphatic imine (C=N–C) groups is 1. The summed E-state index contributed by atoms with van der Waals surface area (Å²) in [7, 11) is 0. The van der Waals surface area contributed by atoms with Crippen molar-refractivity contribution in [3.05, 3.63) is 41.1 Å². The molecule has 12 nitrogen and oxygen atoms in total. The molecular formula is C22H28FN9O3. The van der Waals surface area contributed by atoms with Crippen LogP contribution in [0.5, 0.6) is 5.75 Å². The summed E-state index contributed by atoms with van der Waals surface area (Å²) in [6.07, 6.45) is 5.05. The van der Waals surface area contributed by atoms with Crippen molar-refractivity contribution in [2.45, 2.75) is 31.9 Å². The van der Waals surface area contributed by atoms with E-state index >= 15 is 0 Å². The van der Waals surface area contributed by atoms with Crippen LogP contribution in [-0.2, 0) is 24.1 Å². The number of anilines is 1. The Morgan fingerprint density at radius 2 is 2.26 bits per heavy atom. The molecule has 186 valence electrons. The van der Waals surface area contributed by atoms with Gasteiger partial charge in [0, 0.05) is 25.0 Å². The van der Waals surface area contributed by atoms with E-state index in [1.165, 1.54) is 10.7 Å². The molecule has 35 heavy (non-hydrogen) atoms. The number of tetrazole rings is 1. The first kappa shape index (κ1) is 23.0. The zero-order chi connectivity index (χ0) is 24.2. The Morgan fingerprint density at radius 1 is 1.34 bits per heavy atom. The Balaban J connectivity index is 1.04. The fourth-order valence-corrected chi connectivity index (χ4v) is 4.55. The fourth-order valence-electron chi connectivity index (χ4n) is 4.55. The van der Waals surface area contributed by atoms with Gasteiger partial charge in [-0.2, -0.15) is 0 Å². The molecule has 0 saturated carbocycles. The summed E-state index contributed by atoms with van der Waals surface area (Å²) in [6, 6.07) is 3.34. The van der Waals surface area contributed by atoms with Crippen molar-refractivity contribution in [1.29, 1.82) is 0 Å². The van der Waals surface area contributed by atoms with E-state index in [0.717, 1.165) is 24.1 Å². The number of carbonyl (C=O) groups is 1. The van der Waals surface area contributed by atoms with Crippen LogP contribution < -0.4 is 21.1 Å². The van der Waals surface area contributed by atoms with E-state index in [-0.39, 0.29) is 30.6 Å². The van der Waals surface area contributed by atoms with Crippen molar-refractivity contribution in [2.75, 3.05) is 38.5 Å². The van der Waals surface area contributed by atoms with Gasteiger partial charge in [0.15, 0.2) is 5.82 Å². The number of rotatable bonds is 10. The molecule has 2 aromatic rings. The van der Waals surface area contributed by atoms with Crippen molar-refractivity contribution in [3.63, 3.8) is 0 Å². The molecular weight excluding hydrogens is 457 g/mol. The highest BCUT2D eigenvalue weighted by molar-refractivity contribution is 5.73.